The summed E-state index contributed by atoms with van der Waals surface area (Å²) in [6, 6.07) is 0. The van der Waals surface area contributed by atoms with Crippen LogP contribution in [0.2, 0.25) is 0 Å². The van der Waals surface area contributed by atoms with Crippen LogP contribution in [0.5, 0.6) is 0 Å². The Labute approximate surface area is 78.3 Å². The summed E-state index contributed by atoms with van der Waals surface area (Å²) in [4.78, 5) is 20.8. The van der Waals surface area contributed by atoms with E-state index in [1.165, 1.54) is 18.2 Å². The van der Waals surface area contributed by atoms with Crippen LogP contribution in [0.25, 0.3) is 0 Å². The number of hydrogen-bond acceptors (Lipinski definition) is 3. The predicted molar refractivity (Wildman–Crippen MR) is 38.8 cm³/mol. The molecule has 1 aliphatic carbocycles. The molecule has 0 aromatic heterocycles. The van der Waals surface area contributed by atoms with Crippen LogP contribution in [0, 0.1) is 16.0 Å². The second-order valence-corrected chi connectivity index (χ2v) is 2.81. The number of nitro groups is 1. The third kappa shape index (κ3) is 1.80. The quantitative estimate of drug-likeness (QED) is 0.402. The van der Waals surface area contributed by atoms with Gasteiger partial charge in [-0.1, -0.05) is 0 Å². The fraction of sp³-hybridized carbons (Fsp3) is 0.143. The molecular formula is C7H5NO3Ru. The number of carbonyl (C=O) groups excluding carboxylic acids is 1. The van der Waals surface area contributed by atoms with Crippen molar-refractivity contribution < 1.29 is 27.6 Å². The van der Waals surface area contributed by atoms with Crippen LogP contribution in [-0.2, 0) is 22.6 Å². The second kappa shape index (κ2) is 3.63. The Bertz CT molecular complexity index is 306. The Morgan fingerprint density at radius 3 is 2.75 bits per heavy atom. The van der Waals surface area contributed by atoms with Crippen LogP contribution in [0.15, 0.2) is 23.9 Å². The topological polar surface area (TPSA) is 60.2 Å². The maximum absolute atomic E-state index is 11.0. The van der Waals surface area contributed by atoms with Crippen molar-refractivity contribution in [1.82, 2.24) is 0 Å². The minimum absolute atomic E-state index is 0.0272. The molecule has 0 saturated carbocycles. The second-order valence-electron chi connectivity index (χ2n) is 2.23. The van der Waals surface area contributed by atoms with E-state index in [0.717, 1.165) is 0 Å². The van der Waals surface area contributed by atoms with E-state index in [9.17, 15) is 14.9 Å². The van der Waals surface area contributed by atoms with E-state index in [-0.39, 0.29) is 11.5 Å². The van der Waals surface area contributed by atoms with E-state index in [4.69, 9.17) is 0 Å². The molecule has 0 amide bonds. The van der Waals surface area contributed by atoms with Crippen molar-refractivity contribution >= 4 is 10.4 Å². The zero-order chi connectivity index (χ0) is 9.14. The Kier molecular flexibility index (Phi) is 2.76. The third-order valence-corrected chi connectivity index (χ3v) is 2.06. The van der Waals surface area contributed by atoms with E-state index in [2.05, 4.69) is 17.9 Å². The standard InChI is InChI=1S/C7H5NO3.Ru/c1-5-4-6(8(10)11)2-3-7(5)9;/h1-5H;. The van der Waals surface area contributed by atoms with Gasteiger partial charge in [0.1, 0.15) is 0 Å². The number of hydrogen-bond donors (Lipinski definition) is 0. The molecule has 0 heterocycles. The summed E-state index contributed by atoms with van der Waals surface area (Å²) in [5.74, 6) is -0.592. The van der Waals surface area contributed by atoms with Gasteiger partial charge >= 0.3 is 77.9 Å². The monoisotopic (exact) mass is 253 g/mol. The van der Waals surface area contributed by atoms with Crippen LogP contribution in [0.3, 0.4) is 0 Å². The number of allylic oxidation sites excluding steroid dienone is 3. The van der Waals surface area contributed by atoms with Crippen LogP contribution in [0.1, 0.15) is 0 Å². The summed E-state index contributed by atoms with van der Waals surface area (Å²) in [6.07, 6.45) is 3.78. The van der Waals surface area contributed by atoms with Gasteiger partial charge in [0.25, 0.3) is 0 Å². The van der Waals surface area contributed by atoms with Crippen LogP contribution < -0.4 is 0 Å². The number of nitrogens with zero attached hydrogens (tertiary/aromatic N) is 1. The van der Waals surface area contributed by atoms with E-state index >= 15 is 0 Å². The first kappa shape index (κ1) is 9.13. The van der Waals surface area contributed by atoms with Crippen molar-refractivity contribution in [2.75, 3.05) is 0 Å². The molecular weight excluding hydrogens is 247 g/mol. The van der Waals surface area contributed by atoms with Crippen molar-refractivity contribution in [2.24, 2.45) is 5.92 Å². The van der Waals surface area contributed by atoms with E-state index in [1.807, 2.05) is 0 Å². The van der Waals surface area contributed by atoms with Gasteiger partial charge in [0, 0.05) is 0 Å². The van der Waals surface area contributed by atoms with Crippen LogP contribution in [0.4, 0.5) is 0 Å². The Morgan fingerprint density at radius 2 is 2.25 bits per heavy atom. The number of ketones is 1. The fourth-order valence-electron chi connectivity index (χ4n) is 0.814. The molecule has 0 aromatic rings. The maximum atomic E-state index is 11.0. The van der Waals surface area contributed by atoms with Gasteiger partial charge in [0.05, 0.1) is 0 Å². The number of carbonyl (C=O) groups is 1. The molecule has 1 rings (SSSR count). The van der Waals surface area contributed by atoms with Gasteiger partial charge in [0.15, 0.2) is 0 Å². The summed E-state index contributed by atoms with van der Waals surface area (Å²) >= 11 is 2.18. The molecule has 12 heavy (non-hydrogen) atoms. The van der Waals surface area contributed by atoms with Crippen molar-refractivity contribution in [2.45, 2.75) is 0 Å². The van der Waals surface area contributed by atoms with E-state index in [0.29, 0.717) is 0 Å². The van der Waals surface area contributed by atoms with Gasteiger partial charge in [-0.15, -0.1) is 0 Å². The van der Waals surface area contributed by atoms with Gasteiger partial charge in [-0.25, -0.2) is 0 Å². The molecule has 5 heteroatoms. The molecule has 64 valence electrons. The van der Waals surface area contributed by atoms with Gasteiger partial charge in [-0.3, -0.25) is 0 Å². The Morgan fingerprint density at radius 1 is 1.58 bits per heavy atom. The van der Waals surface area contributed by atoms with Gasteiger partial charge < -0.3 is 0 Å². The summed E-state index contributed by atoms with van der Waals surface area (Å²) in [5.41, 5.74) is -0.0272. The zero-order valence-electron chi connectivity index (χ0n) is 5.91. The molecule has 0 spiro atoms. The molecule has 0 aromatic carbocycles. The van der Waals surface area contributed by atoms with E-state index in [1.54, 1.807) is 4.61 Å². The molecule has 0 bridgehead atoms. The molecule has 0 saturated heterocycles. The first-order valence-corrected chi connectivity index (χ1v) is 4.16. The third-order valence-electron chi connectivity index (χ3n) is 1.43. The average molecular weight is 252 g/mol. The molecule has 1 atom stereocenters. The summed E-state index contributed by atoms with van der Waals surface area (Å²) in [7, 11) is 0. The fourth-order valence-corrected chi connectivity index (χ4v) is 1.27. The zero-order valence-corrected chi connectivity index (χ0v) is 7.65. The van der Waals surface area contributed by atoms with Crippen LogP contribution in [-0.4, -0.2) is 15.3 Å². The average Bonchev–Trinajstić information content (AvgIpc) is 2.05. The Hall–Kier alpha value is -0.957. The molecule has 1 unspecified atom stereocenters. The van der Waals surface area contributed by atoms with E-state index < -0.39 is 10.8 Å². The van der Waals surface area contributed by atoms with Gasteiger partial charge in [-0.2, -0.15) is 0 Å². The predicted octanol–water partition coefficient (Wildman–Crippen LogP) is 0.251. The van der Waals surface area contributed by atoms with Crippen molar-refractivity contribution in [1.29, 1.82) is 0 Å². The van der Waals surface area contributed by atoms with Crippen molar-refractivity contribution in [3.05, 3.63) is 34.0 Å². The summed E-state index contributed by atoms with van der Waals surface area (Å²) in [5, 5.41) is 10.3. The number of rotatable bonds is 2. The SMILES string of the molecule is O=C1C=CC([N+](=O)[O-])=CC1[CH]=[Ru]. The van der Waals surface area contributed by atoms with Gasteiger partial charge in [-0.05, 0) is 0 Å². The molecule has 0 aliphatic heterocycles. The molecule has 0 fully saturated rings. The molecule has 4 nitrogen and oxygen atoms in total. The summed E-state index contributed by atoms with van der Waals surface area (Å²) in [6.45, 7) is 0. The van der Waals surface area contributed by atoms with Gasteiger partial charge in [0.2, 0.25) is 0 Å². The van der Waals surface area contributed by atoms with Crippen molar-refractivity contribution in [3.8, 4) is 0 Å². The van der Waals surface area contributed by atoms with Crippen LogP contribution >= 0.6 is 0 Å². The minimum atomic E-state index is -0.508. The molecule has 0 N–H and O–H groups in total. The molecule has 0 radical (unpaired) electrons. The molecule has 1 aliphatic rings. The normalized spacial score (nSPS) is 21.9. The first-order valence-electron chi connectivity index (χ1n) is 3.15. The first-order chi connectivity index (χ1) is 5.65. The Balaban J connectivity index is 2.95. The van der Waals surface area contributed by atoms with Crippen molar-refractivity contribution in [3.63, 3.8) is 0 Å². The summed E-state index contributed by atoms with van der Waals surface area (Å²) < 4.78 is 1.56.